The number of amides is 1. The highest BCUT2D eigenvalue weighted by Crippen LogP contribution is 2.40. The predicted octanol–water partition coefficient (Wildman–Crippen LogP) is 5.03. The smallest absolute Gasteiger partial charge is 0.295 e. The first-order valence-electron chi connectivity index (χ1n) is 12.9. The van der Waals surface area contributed by atoms with Crippen LogP contribution >= 0.6 is 0 Å². The van der Waals surface area contributed by atoms with Crippen LogP contribution in [0.3, 0.4) is 0 Å². The van der Waals surface area contributed by atoms with Gasteiger partial charge in [0.05, 0.1) is 24.8 Å². The summed E-state index contributed by atoms with van der Waals surface area (Å²) >= 11 is 0. The molecule has 0 radical (unpaired) electrons. The van der Waals surface area contributed by atoms with Gasteiger partial charge >= 0.3 is 0 Å². The highest BCUT2D eigenvalue weighted by atomic mass is 16.5. The van der Waals surface area contributed by atoms with E-state index >= 15 is 0 Å². The number of aliphatic hydroxyl groups excluding tert-OH is 1. The fourth-order valence-electron chi connectivity index (χ4n) is 4.49. The minimum absolute atomic E-state index is 0.0969. The standard InChI is InChI=1S/C29H38N2O5/c1-5-19-36-24-12-9-11-22(20-24)26-25(27(32)21-13-15-23(16-14-21)35-8-4)28(33)29(34)31(26)18-10-17-30(6-2)7-3/h9,11-16,20,26,32H,5-8,10,17-19H2,1-4H3/b27-25+/t26-/m0/s1. The van der Waals surface area contributed by atoms with Gasteiger partial charge in [-0.3, -0.25) is 9.59 Å². The Balaban J connectivity index is 2.02. The molecule has 1 aliphatic rings. The fraction of sp³-hybridized carbons (Fsp3) is 0.448. The highest BCUT2D eigenvalue weighted by Gasteiger charge is 2.45. The quantitative estimate of drug-likeness (QED) is 0.239. The van der Waals surface area contributed by atoms with E-state index in [1.165, 1.54) is 0 Å². The number of Topliss-reactive ketones (excluding diaryl/α,β-unsaturated/α-hetero) is 1. The monoisotopic (exact) mass is 494 g/mol. The first kappa shape index (κ1) is 27.3. The van der Waals surface area contributed by atoms with Crippen LogP contribution in [0.5, 0.6) is 11.5 Å². The van der Waals surface area contributed by atoms with Crippen molar-refractivity contribution in [3.63, 3.8) is 0 Å². The van der Waals surface area contributed by atoms with Crippen molar-refractivity contribution < 1.29 is 24.2 Å². The summed E-state index contributed by atoms with van der Waals surface area (Å²) in [6.45, 7) is 12.3. The van der Waals surface area contributed by atoms with Crippen LogP contribution in [0.1, 0.15) is 57.7 Å². The summed E-state index contributed by atoms with van der Waals surface area (Å²) in [4.78, 5) is 30.4. The Kier molecular flexibility index (Phi) is 9.94. The van der Waals surface area contributed by atoms with Crippen molar-refractivity contribution in [1.82, 2.24) is 9.80 Å². The van der Waals surface area contributed by atoms with Gasteiger partial charge in [0.1, 0.15) is 17.3 Å². The summed E-state index contributed by atoms with van der Waals surface area (Å²) in [5.41, 5.74) is 1.29. The van der Waals surface area contributed by atoms with Crippen LogP contribution in [-0.4, -0.2) is 66.0 Å². The van der Waals surface area contributed by atoms with Gasteiger partial charge in [-0.05, 0) is 81.4 Å². The van der Waals surface area contributed by atoms with Crippen LogP contribution in [0.25, 0.3) is 5.76 Å². The molecule has 1 aliphatic heterocycles. The number of likely N-dealkylation sites (tertiary alicyclic amines) is 1. The van der Waals surface area contributed by atoms with E-state index in [4.69, 9.17) is 9.47 Å². The van der Waals surface area contributed by atoms with E-state index in [-0.39, 0.29) is 11.3 Å². The number of benzene rings is 2. The molecule has 1 fully saturated rings. The van der Waals surface area contributed by atoms with Gasteiger partial charge in [-0.1, -0.05) is 32.9 Å². The number of carbonyl (C=O) groups is 2. The molecular formula is C29H38N2O5. The lowest BCUT2D eigenvalue weighted by Gasteiger charge is -2.27. The Morgan fingerprint density at radius 2 is 1.69 bits per heavy atom. The predicted molar refractivity (Wildman–Crippen MR) is 141 cm³/mol. The van der Waals surface area contributed by atoms with Crippen molar-refractivity contribution in [2.45, 2.75) is 46.6 Å². The molecule has 7 heteroatoms. The lowest BCUT2D eigenvalue weighted by atomic mass is 9.95. The minimum atomic E-state index is -0.696. The molecule has 0 aliphatic carbocycles. The van der Waals surface area contributed by atoms with E-state index < -0.39 is 17.7 Å². The van der Waals surface area contributed by atoms with Crippen LogP contribution in [0, 0.1) is 0 Å². The van der Waals surface area contributed by atoms with Crippen molar-refractivity contribution in [2.24, 2.45) is 0 Å². The van der Waals surface area contributed by atoms with E-state index in [1.54, 1.807) is 29.2 Å². The topological polar surface area (TPSA) is 79.3 Å². The van der Waals surface area contributed by atoms with Gasteiger partial charge in [0.2, 0.25) is 0 Å². The second kappa shape index (κ2) is 13.1. The molecule has 7 nitrogen and oxygen atoms in total. The van der Waals surface area contributed by atoms with E-state index in [0.29, 0.717) is 36.8 Å². The van der Waals surface area contributed by atoms with Crippen molar-refractivity contribution in [3.05, 3.63) is 65.2 Å². The molecule has 194 valence electrons. The third-order valence-electron chi connectivity index (χ3n) is 6.39. The number of nitrogens with zero attached hydrogens (tertiary/aromatic N) is 2. The number of ketones is 1. The number of rotatable bonds is 13. The lowest BCUT2D eigenvalue weighted by molar-refractivity contribution is -0.140. The highest BCUT2D eigenvalue weighted by molar-refractivity contribution is 6.46. The third-order valence-corrected chi connectivity index (χ3v) is 6.39. The molecule has 2 aromatic rings. The number of ether oxygens (including phenoxy) is 2. The Hall–Kier alpha value is -3.32. The van der Waals surface area contributed by atoms with E-state index in [1.807, 2.05) is 38.1 Å². The molecule has 0 saturated carbocycles. The van der Waals surface area contributed by atoms with Gasteiger partial charge in [0.25, 0.3) is 11.7 Å². The summed E-state index contributed by atoms with van der Waals surface area (Å²) in [6.07, 6.45) is 1.59. The molecule has 0 aromatic heterocycles. The SMILES string of the molecule is CCCOc1cccc([C@H]2/C(=C(\O)c3ccc(OCC)cc3)C(=O)C(=O)N2CCCN(CC)CC)c1. The minimum Gasteiger partial charge on any atom is -0.507 e. The summed E-state index contributed by atoms with van der Waals surface area (Å²) < 4.78 is 11.3. The lowest BCUT2D eigenvalue weighted by Crippen LogP contribution is -2.33. The van der Waals surface area contributed by atoms with Crippen LogP contribution in [0.4, 0.5) is 0 Å². The average molecular weight is 495 g/mol. The van der Waals surface area contributed by atoms with Crippen molar-refractivity contribution in [2.75, 3.05) is 39.4 Å². The Bertz CT molecular complexity index is 1060. The number of carbonyl (C=O) groups excluding carboxylic acids is 2. The van der Waals surface area contributed by atoms with E-state index in [0.717, 1.165) is 38.0 Å². The van der Waals surface area contributed by atoms with Crippen molar-refractivity contribution >= 4 is 17.4 Å². The molecule has 3 rings (SSSR count). The van der Waals surface area contributed by atoms with Crippen LogP contribution in [-0.2, 0) is 9.59 Å². The molecule has 0 spiro atoms. The van der Waals surface area contributed by atoms with Crippen molar-refractivity contribution in [1.29, 1.82) is 0 Å². The van der Waals surface area contributed by atoms with Crippen LogP contribution in [0.2, 0.25) is 0 Å². The number of hydrogen-bond donors (Lipinski definition) is 1. The summed E-state index contributed by atoms with van der Waals surface area (Å²) in [5, 5.41) is 11.3. The normalized spacial score (nSPS) is 17.1. The maximum Gasteiger partial charge on any atom is 0.295 e. The van der Waals surface area contributed by atoms with E-state index in [2.05, 4.69) is 18.7 Å². The molecular weight excluding hydrogens is 456 g/mol. The molecule has 1 amide bonds. The number of hydrogen-bond acceptors (Lipinski definition) is 6. The van der Waals surface area contributed by atoms with Gasteiger partial charge < -0.3 is 24.4 Å². The average Bonchev–Trinajstić information content (AvgIpc) is 3.15. The summed E-state index contributed by atoms with van der Waals surface area (Å²) in [6, 6.07) is 13.6. The molecule has 1 atom stereocenters. The molecule has 0 bridgehead atoms. The molecule has 36 heavy (non-hydrogen) atoms. The van der Waals surface area contributed by atoms with Crippen LogP contribution < -0.4 is 9.47 Å². The second-order valence-electron chi connectivity index (χ2n) is 8.75. The third kappa shape index (κ3) is 6.26. The summed E-state index contributed by atoms with van der Waals surface area (Å²) in [7, 11) is 0. The van der Waals surface area contributed by atoms with Gasteiger partial charge in [-0.15, -0.1) is 0 Å². The molecule has 2 aromatic carbocycles. The maximum absolute atomic E-state index is 13.3. The summed E-state index contributed by atoms with van der Waals surface area (Å²) in [5.74, 6) is -0.110. The number of aliphatic hydroxyl groups is 1. The maximum atomic E-state index is 13.3. The van der Waals surface area contributed by atoms with Gasteiger partial charge in [0.15, 0.2) is 0 Å². The Morgan fingerprint density at radius 3 is 2.33 bits per heavy atom. The van der Waals surface area contributed by atoms with Crippen LogP contribution in [0.15, 0.2) is 54.1 Å². The Morgan fingerprint density at radius 1 is 0.972 bits per heavy atom. The van der Waals surface area contributed by atoms with Gasteiger partial charge in [0, 0.05) is 12.1 Å². The second-order valence-corrected chi connectivity index (χ2v) is 8.75. The zero-order valence-corrected chi connectivity index (χ0v) is 21.8. The van der Waals surface area contributed by atoms with E-state index in [9.17, 15) is 14.7 Å². The Labute approximate surface area is 214 Å². The first-order valence-corrected chi connectivity index (χ1v) is 12.9. The van der Waals surface area contributed by atoms with Gasteiger partial charge in [-0.2, -0.15) is 0 Å². The fourth-order valence-corrected chi connectivity index (χ4v) is 4.49. The molecule has 1 N–H and O–H groups in total. The molecule has 1 saturated heterocycles. The molecule has 0 unspecified atom stereocenters. The zero-order chi connectivity index (χ0) is 26.1. The molecule has 1 heterocycles. The van der Waals surface area contributed by atoms with Crippen molar-refractivity contribution in [3.8, 4) is 11.5 Å². The van der Waals surface area contributed by atoms with Gasteiger partial charge in [-0.25, -0.2) is 0 Å². The largest absolute Gasteiger partial charge is 0.507 e. The first-order chi connectivity index (χ1) is 17.4. The zero-order valence-electron chi connectivity index (χ0n) is 21.8.